The minimum absolute atomic E-state index is 0.0661. The van der Waals surface area contributed by atoms with Gasteiger partial charge in [-0.2, -0.15) is 0 Å². The number of nitrogens with one attached hydrogen (secondary N) is 4. The van der Waals surface area contributed by atoms with E-state index in [0.29, 0.717) is 0 Å². The predicted molar refractivity (Wildman–Crippen MR) is 226 cm³/mol. The Morgan fingerprint density at radius 2 is 1.09 bits per heavy atom. The number of hydrogen-bond donors (Lipinski definition) is 4. The Labute approximate surface area is 327 Å². The molecule has 56 heavy (non-hydrogen) atoms. The van der Waals surface area contributed by atoms with Crippen LogP contribution in [0.2, 0.25) is 0 Å². The number of hydrogen-bond acceptors (Lipinski definition) is 5. The van der Waals surface area contributed by atoms with Gasteiger partial charge in [-0.1, -0.05) is 140 Å². The van der Waals surface area contributed by atoms with Crippen LogP contribution in [0.1, 0.15) is 40.0 Å². The molecule has 5 nitrogen and oxygen atoms in total. The first-order valence-electron chi connectivity index (χ1n) is 19.5. The molecule has 6 aromatic carbocycles. The highest BCUT2D eigenvalue weighted by molar-refractivity contribution is 5.89. The van der Waals surface area contributed by atoms with Crippen LogP contribution in [0.4, 0.5) is 0 Å². The largest absolute Gasteiger partial charge is 0.457 e. The van der Waals surface area contributed by atoms with Crippen LogP contribution >= 0.6 is 0 Å². The van der Waals surface area contributed by atoms with Crippen molar-refractivity contribution in [2.45, 2.75) is 17.6 Å². The summed E-state index contributed by atoms with van der Waals surface area (Å²) in [4.78, 5) is 0. The molecule has 2 atom stereocenters. The second-order valence-electron chi connectivity index (χ2n) is 15.1. The molecule has 11 rings (SSSR count). The summed E-state index contributed by atoms with van der Waals surface area (Å²) in [5.74, 6) is 1.88. The fourth-order valence-electron chi connectivity index (χ4n) is 9.42. The zero-order chi connectivity index (χ0) is 37.1. The van der Waals surface area contributed by atoms with E-state index in [4.69, 9.17) is 4.74 Å². The average Bonchev–Trinajstić information content (AvgIpc) is 3.57. The van der Waals surface area contributed by atoms with Gasteiger partial charge in [-0.15, -0.1) is 0 Å². The first-order valence-corrected chi connectivity index (χ1v) is 19.5. The maximum Gasteiger partial charge on any atom is 0.131 e. The van der Waals surface area contributed by atoms with E-state index in [9.17, 15) is 0 Å². The van der Waals surface area contributed by atoms with Gasteiger partial charge >= 0.3 is 0 Å². The maximum atomic E-state index is 6.57. The van der Waals surface area contributed by atoms with Crippen LogP contribution in [0.15, 0.2) is 205 Å². The summed E-state index contributed by atoms with van der Waals surface area (Å²) in [7, 11) is 0. The SMILES string of the molecule is C1=CC2=C(CN1)C1(C3=C(C=CNC3)O2)c2ccccc2-c2ccc(-c3ccc(-c4cccc(C5NC(c6ccccc6)=CC(c6ccccc6)N5)c4)cc3)cc21. The molecule has 0 saturated heterocycles. The second kappa shape index (κ2) is 13.2. The zero-order valence-electron chi connectivity index (χ0n) is 30.8. The van der Waals surface area contributed by atoms with Gasteiger partial charge in [0.2, 0.25) is 0 Å². The van der Waals surface area contributed by atoms with Crippen molar-refractivity contribution in [1.82, 2.24) is 21.3 Å². The summed E-state index contributed by atoms with van der Waals surface area (Å²) < 4.78 is 6.57. The average molecular weight is 725 g/mol. The fourth-order valence-corrected chi connectivity index (χ4v) is 9.42. The van der Waals surface area contributed by atoms with E-state index in [1.54, 1.807) is 0 Å². The van der Waals surface area contributed by atoms with E-state index < -0.39 is 5.41 Å². The van der Waals surface area contributed by atoms with Crippen molar-refractivity contribution < 1.29 is 4.74 Å². The molecule has 1 spiro atoms. The number of benzene rings is 6. The van der Waals surface area contributed by atoms with E-state index in [1.807, 2.05) is 12.4 Å². The number of fused-ring (bicyclic) bond motifs is 7. The van der Waals surface area contributed by atoms with Crippen LogP contribution in [0.5, 0.6) is 0 Å². The molecule has 0 bridgehead atoms. The topological polar surface area (TPSA) is 57.4 Å². The molecule has 0 fully saturated rings. The van der Waals surface area contributed by atoms with Crippen molar-refractivity contribution >= 4 is 5.70 Å². The third-order valence-electron chi connectivity index (χ3n) is 12.0. The Morgan fingerprint density at radius 1 is 0.500 bits per heavy atom. The summed E-state index contributed by atoms with van der Waals surface area (Å²) in [6.07, 6.45) is 10.4. The van der Waals surface area contributed by atoms with Crippen LogP contribution < -0.4 is 21.3 Å². The Kier molecular flexibility index (Phi) is 7.68. The molecule has 270 valence electrons. The highest BCUT2D eigenvalue weighted by atomic mass is 16.5. The molecule has 0 saturated carbocycles. The Bertz CT molecular complexity index is 2630. The molecule has 0 amide bonds. The highest BCUT2D eigenvalue weighted by Crippen LogP contribution is 2.60. The number of ether oxygens (including phenoxy) is 1. The number of dihydropyridines is 2. The van der Waals surface area contributed by atoms with Crippen LogP contribution in [-0.2, 0) is 10.2 Å². The normalized spacial score (nSPS) is 19.8. The van der Waals surface area contributed by atoms with Crippen molar-refractivity contribution in [2.24, 2.45) is 0 Å². The van der Waals surface area contributed by atoms with Crippen LogP contribution in [0.25, 0.3) is 39.1 Å². The zero-order valence-corrected chi connectivity index (χ0v) is 30.8. The van der Waals surface area contributed by atoms with E-state index in [0.717, 1.165) is 30.3 Å². The maximum absolute atomic E-state index is 6.57. The van der Waals surface area contributed by atoms with Crippen LogP contribution in [0, 0.1) is 0 Å². The summed E-state index contributed by atoms with van der Waals surface area (Å²) >= 11 is 0. The molecule has 0 radical (unpaired) electrons. The van der Waals surface area contributed by atoms with Crippen molar-refractivity contribution in [2.75, 3.05) is 13.1 Å². The molecule has 5 heteroatoms. The number of rotatable bonds is 5. The van der Waals surface area contributed by atoms with Crippen LogP contribution in [0.3, 0.4) is 0 Å². The Hall–Kier alpha value is -6.82. The van der Waals surface area contributed by atoms with Gasteiger partial charge in [0.05, 0.1) is 11.5 Å². The van der Waals surface area contributed by atoms with E-state index in [1.165, 1.54) is 72.3 Å². The molecular weight excluding hydrogens is 685 g/mol. The van der Waals surface area contributed by atoms with Crippen molar-refractivity contribution in [1.29, 1.82) is 0 Å². The molecule has 1 aliphatic carbocycles. The molecule has 4 aliphatic heterocycles. The van der Waals surface area contributed by atoms with Gasteiger partial charge in [0.1, 0.15) is 17.7 Å². The smallest absolute Gasteiger partial charge is 0.131 e. The standard InChI is InChI=1S/C51H40N4O/c1-3-10-35(11-4-1)46-30-47(36-12-5-2-6-13-36)55-50(54-46)39-15-9-14-37(28-39)33-18-20-34(21-19-33)38-22-23-41-40-16-7-8-17-42(40)51(43(41)29-38)44-31-52-26-24-48(44)56-49-25-27-53-32-45(49)51/h1-30,46,50,52-55H,31-32H2. The van der Waals surface area contributed by atoms with Gasteiger partial charge in [-0.05, 0) is 91.6 Å². The fraction of sp³-hybridized carbons (Fsp3) is 0.0980. The summed E-state index contributed by atoms with van der Waals surface area (Å²) in [6, 6.07) is 55.3. The lowest BCUT2D eigenvalue weighted by Gasteiger charge is -2.44. The first kappa shape index (κ1) is 32.6. The van der Waals surface area contributed by atoms with Gasteiger partial charge in [-0.25, -0.2) is 0 Å². The quantitative estimate of drug-likeness (QED) is 0.143. The summed E-state index contributed by atoms with van der Waals surface area (Å²) in [5.41, 5.74) is 16.8. The van der Waals surface area contributed by atoms with Gasteiger partial charge in [0.15, 0.2) is 0 Å². The molecule has 4 N–H and O–H groups in total. The highest BCUT2D eigenvalue weighted by Gasteiger charge is 2.53. The number of allylic oxidation sites excluding steroid dienone is 2. The summed E-state index contributed by atoms with van der Waals surface area (Å²) in [5, 5.41) is 14.7. The lowest BCUT2D eigenvalue weighted by molar-refractivity contribution is 0.290. The monoisotopic (exact) mass is 724 g/mol. The van der Waals surface area contributed by atoms with Crippen molar-refractivity contribution in [3.8, 4) is 33.4 Å². The van der Waals surface area contributed by atoms with Crippen LogP contribution in [-0.4, -0.2) is 13.1 Å². The Balaban J connectivity index is 0.944. The molecule has 0 aromatic heterocycles. The van der Waals surface area contributed by atoms with Crippen molar-refractivity contribution in [3.05, 3.63) is 233 Å². The summed E-state index contributed by atoms with van der Waals surface area (Å²) in [6.45, 7) is 1.45. The molecule has 2 unspecified atom stereocenters. The molecule has 4 heterocycles. The van der Waals surface area contributed by atoms with Crippen molar-refractivity contribution in [3.63, 3.8) is 0 Å². The molecule has 5 aliphatic rings. The second-order valence-corrected chi connectivity index (χ2v) is 15.1. The lowest BCUT2D eigenvalue weighted by atomic mass is 9.64. The minimum atomic E-state index is -0.434. The third-order valence-corrected chi connectivity index (χ3v) is 12.0. The predicted octanol–water partition coefficient (Wildman–Crippen LogP) is 10.0. The first-order chi connectivity index (χ1) is 27.7. The minimum Gasteiger partial charge on any atom is -0.457 e. The molecule has 6 aromatic rings. The Morgan fingerprint density at radius 3 is 1.82 bits per heavy atom. The molecular formula is C51H40N4O. The van der Waals surface area contributed by atoms with Gasteiger partial charge < -0.3 is 20.7 Å². The third kappa shape index (κ3) is 5.19. The lowest BCUT2D eigenvalue weighted by Crippen LogP contribution is -2.43. The van der Waals surface area contributed by atoms with Gasteiger partial charge in [-0.3, -0.25) is 5.32 Å². The van der Waals surface area contributed by atoms with Gasteiger partial charge in [0, 0.05) is 42.3 Å². The van der Waals surface area contributed by atoms with E-state index in [2.05, 4.69) is 191 Å². The van der Waals surface area contributed by atoms with E-state index in [-0.39, 0.29) is 12.2 Å². The van der Waals surface area contributed by atoms with E-state index >= 15 is 0 Å². The van der Waals surface area contributed by atoms with Gasteiger partial charge in [0.25, 0.3) is 0 Å².